The fourth-order valence-corrected chi connectivity index (χ4v) is 2.71. The standard InChI is InChI=1S/C16H20N2O/c1-3-16(4-2,13-8-6-5-7-9-13)15(19)14-12-17-10-11-18-14/h5-12,15,19H,3-4H2,1-2H3. The van der Waals surface area contributed by atoms with Crippen LogP contribution in [0, 0.1) is 0 Å². The number of nitrogens with zero attached hydrogens (tertiary/aromatic N) is 2. The van der Waals surface area contributed by atoms with Crippen LogP contribution in [0.1, 0.15) is 44.1 Å². The summed E-state index contributed by atoms with van der Waals surface area (Å²) < 4.78 is 0. The van der Waals surface area contributed by atoms with Crippen molar-refractivity contribution in [3.8, 4) is 0 Å². The first-order valence-corrected chi connectivity index (χ1v) is 6.74. The van der Waals surface area contributed by atoms with Gasteiger partial charge in [-0.25, -0.2) is 0 Å². The summed E-state index contributed by atoms with van der Waals surface area (Å²) in [5.41, 5.74) is 1.48. The summed E-state index contributed by atoms with van der Waals surface area (Å²) in [5, 5.41) is 10.8. The van der Waals surface area contributed by atoms with E-state index in [0.29, 0.717) is 5.69 Å². The van der Waals surface area contributed by atoms with E-state index in [0.717, 1.165) is 18.4 Å². The van der Waals surface area contributed by atoms with Crippen molar-refractivity contribution in [3.05, 3.63) is 60.2 Å². The molecule has 0 spiro atoms. The van der Waals surface area contributed by atoms with Crippen LogP contribution in [0.5, 0.6) is 0 Å². The molecule has 0 fully saturated rings. The topological polar surface area (TPSA) is 46.0 Å². The third kappa shape index (κ3) is 2.51. The number of rotatable bonds is 5. The molecule has 0 saturated carbocycles. The molecule has 0 bridgehead atoms. The van der Waals surface area contributed by atoms with E-state index in [9.17, 15) is 5.11 Å². The van der Waals surface area contributed by atoms with Gasteiger partial charge in [-0.2, -0.15) is 0 Å². The van der Waals surface area contributed by atoms with E-state index in [1.54, 1.807) is 18.6 Å². The van der Waals surface area contributed by atoms with Crippen LogP contribution < -0.4 is 0 Å². The predicted octanol–water partition coefficient (Wildman–Crippen LogP) is 3.27. The fourth-order valence-electron chi connectivity index (χ4n) is 2.71. The Bertz CT molecular complexity index is 495. The molecule has 100 valence electrons. The van der Waals surface area contributed by atoms with Crippen molar-refractivity contribution < 1.29 is 5.11 Å². The lowest BCUT2D eigenvalue weighted by molar-refractivity contribution is 0.0687. The number of aliphatic hydroxyl groups is 1. The SMILES string of the molecule is CCC(CC)(c1ccccc1)C(O)c1cnccn1. The molecule has 1 heterocycles. The molecular formula is C16H20N2O. The lowest BCUT2D eigenvalue weighted by atomic mass is 9.70. The quantitative estimate of drug-likeness (QED) is 0.893. The lowest BCUT2D eigenvalue weighted by Crippen LogP contribution is -2.33. The van der Waals surface area contributed by atoms with E-state index in [4.69, 9.17) is 0 Å². The van der Waals surface area contributed by atoms with Crippen LogP contribution in [-0.2, 0) is 5.41 Å². The molecule has 0 aliphatic carbocycles. The minimum atomic E-state index is -0.640. The zero-order valence-corrected chi connectivity index (χ0v) is 11.5. The van der Waals surface area contributed by atoms with Gasteiger partial charge in [0.25, 0.3) is 0 Å². The van der Waals surface area contributed by atoms with E-state index in [-0.39, 0.29) is 5.41 Å². The van der Waals surface area contributed by atoms with Crippen molar-refractivity contribution >= 4 is 0 Å². The van der Waals surface area contributed by atoms with Gasteiger partial charge in [0, 0.05) is 17.8 Å². The van der Waals surface area contributed by atoms with Gasteiger partial charge in [-0.1, -0.05) is 44.2 Å². The summed E-state index contributed by atoms with van der Waals surface area (Å²) in [5.74, 6) is 0. The number of aliphatic hydroxyl groups excluding tert-OH is 1. The summed E-state index contributed by atoms with van der Waals surface area (Å²) in [6.07, 6.45) is 5.96. The molecule has 1 atom stereocenters. The monoisotopic (exact) mass is 256 g/mol. The molecule has 2 rings (SSSR count). The summed E-state index contributed by atoms with van der Waals surface area (Å²) in [7, 11) is 0. The minimum Gasteiger partial charge on any atom is -0.386 e. The van der Waals surface area contributed by atoms with Crippen molar-refractivity contribution in [2.45, 2.75) is 38.2 Å². The van der Waals surface area contributed by atoms with Crippen LogP contribution in [0.4, 0.5) is 0 Å². The molecule has 2 aromatic rings. The first-order valence-electron chi connectivity index (χ1n) is 6.74. The van der Waals surface area contributed by atoms with E-state index in [1.807, 2.05) is 18.2 Å². The minimum absolute atomic E-state index is 0.308. The summed E-state index contributed by atoms with van der Waals surface area (Å²) >= 11 is 0. The average molecular weight is 256 g/mol. The van der Waals surface area contributed by atoms with Gasteiger partial charge in [0.2, 0.25) is 0 Å². The summed E-state index contributed by atoms with van der Waals surface area (Å²) in [4.78, 5) is 8.31. The molecule has 0 saturated heterocycles. The van der Waals surface area contributed by atoms with Gasteiger partial charge in [0.05, 0.1) is 11.9 Å². The number of aromatic nitrogens is 2. The molecule has 0 radical (unpaired) electrons. The largest absolute Gasteiger partial charge is 0.386 e. The predicted molar refractivity (Wildman–Crippen MR) is 75.7 cm³/mol. The first kappa shape index (κ1) is 13.7. The Balaban J connectivity index is 2.45. The molecule has 0 amide bonds. The molecule has 1 N–H and O–H groups in total. The number of benzene rings is 1. The Morgan fingerprint density at radius 2 is 1.79 bits per heavy atom. The van der Waals surface area contributed by atoms with Gasteiger partial charge in [-0.05, 0) is 18.4 Å². The molecule has 1 unspecified atom stereocenters. The Labute approximate surface area is 114 Å². The Morgan fingerprint density at radius 1 is 1.11 bits per heavy atom. The van der Waals surface area contributed by atoms with Gasteiger partial charge in [0.15, 0.2) is 0 Å². The number of hydrogen-bond acceptors (Lipinski definition) is 3. The van der Waals surface area contributed by atoms with Crippen molar-refractivity contribution in [2.75, 3.05) is 0 Å². The van der Waals surface area contributed by atoms with Crippen LogP contribution in [-0.4, -0.2) is 15.1 Å². The second-order valence-electron chi connectivity index (χ2n) is 4.76. The maximum absolute atomic E-state index is 10.8. The van der Waals surface area contributed by atoms with Crippen molar-refractivity contribution in [1.29, 1.82) is 0 Å². The summed E-state index contributed by atoms with van der Waals surface area (Å²) in [6.45, 7) is 4.21. The van der Waals surface area contributed by atoms with Crippen molar-refractivity contribution in [2.24, 2.45) is 0 Å². The molecule has 3 nitrogen and oxygen atoms in total. The highest BCUT2D eigenvalue weighted by molar-refractivity contribution is 5.29. The first-order chi connectivity index (χ1) is 9.24. The third-order valence-electron chi connectivity index (χ3n) is 4.00. The highest BCUT2D eigenvalue weighted by atomic mass is 16.3. The van der Waals surface area contributed by atoms with E-state index in [1.165, 1.54) is 0 Å². The van der Waals surface area contributed by atoms with Crippen LogP contribution >= 0.6 is 0 Å². The normalized spacial score (nSPS) is 13.2. The van der Waals surface area contributed by atoms with E-state index in [2.05, 4.69) is 35.9 Å². The van der Waals surface area contributed by atoms with Crippen molar-refractivity contribution in [3.63, 3.8) is 0 Å². The third-order valence-corrected chi connectivity index (χ3v) is 4.00. The van der Waals surface area contributed by atoms with Crippen LogP contribution in [0.15, 0.2) is 48.9 Å². The molecule has 19 heavy (non-hydrogen) atoms. The summed E-state index contributed by atoms with van der Waals surface area (Å²) in [6, 6.07) is 10.2. The highest BCUT2D eigenvalue weighted by Crippen LogP contribution is 2.42. The van der Waals surface area contributed by atoms with Gasteiger partial charge in [-0.3, -0.25) is 9.97 Å². The highest BCUT2D eigenvalue weighted by Gasteiger charge is 2.38. The molecule has 0 aliphatic rings. The van der Waals surface area contributed by atoms with Crippen LogP contribution in [0.25, 0.3) is 0 Å². The maximum Gasteiger partial charge on any atom is 0.107 e. The Hall–Kier alpha value is -1.74. The maximum atomic E-state index is 10.8. The van der Waals surface area contributed by atoms with Gasteiger partial charge in [-0.15, -0.1) is 0 Å². The van der Waals surface area contributed by atoms with Crippen molar-refractivity contribution in [1.82, 2.24) is 9.97 Å². The molecule has 3 heteroatoms. The lowest BCUT2D eigenvalue weighted by Gasteiger charge is -2.36. The van der Waals surface area contributed by atoms with Gasteiger partial charge in [0.1, 0.15) is 6.10 Å². The molecule has 0 aliphatic heterocycles. The second kappa shape index (κ2) is 5.93. The molecule has 1 aromatic carbocycles. The second-order valence-corrected chi connectivity index (χ2v) is 4.76. The fraction of sp³-hybridized carbons (Fsp3) is 0.375. The average Bonchev–Trinajstić information content (AvgIpc) is 2.51. The van der Waals surface area contributed by atoms with Crippen LogP contribution in [0.2, 0.25) is 0 Å². The Kier molecular flexibility index (Phi) is 4.27. The Morgan fingerprint density at radius 3 is 2.32 bits per heavy atom. The van der Waals surface area contributed by atoms with Crippen LogP contribution in [0.3, 0.4) is 0 Å². The van der Waals surface area contributed by atoms with E-state index >= 15 is 0 Å². The van der Waals surface area contributed by atoms with Gasteiger partial charge >= 0.3 is 0 Å². The number of hydrogen-bond donors (Lipinski definition) is 1. The zero-order valence-electron chi connectivity index (χ0n) is 11.5. The van der Waals surface area contributed by atoms with Gasteiger partial charge < -0.3 is 5.11 Å². The zero-order chi connectivity index (χ0) is 13.7. The molecular weight excluding hydrogens is 236 g/mol. The molecule has 1 aromatic heterocycles. The smallest absolute Gasteiger partial charge is 0.107 e. The van der Waals surface area contributed by atoms with E-state index < -0.39 is 6.10 Å².